The van der Waals surface area contributed by atoms with Crippen molar-refractivity contribution in [1.82, 2.24) is 5.23 Å². The number of hydrogen-bond acceptors (Lipinski definition) is 3. The molecule has 0 aromatic rings. The maximum Gasteiger partial charge on any atom is 0.0628 e. The molecule has 7 heavy (non-hydrogen) atoms. The second-order valence-electron chi connectivity index (χ2n) is 1.17. The Hall–Kier alpha value is -0.540. The predicted octanol–water partition coefficient (Wildman–Crippen LogP) is 0.881. The number of rotatable bonds is 2. The standard InChI is InChI=1S/C4H8NO2/c1-4(2)5(6)7-3/h1H2,2-3H3/q-1. The predicted molar refractivity (Wildman–Crippen MR) is 27.0 cm³/mol. The molecule has 0 amide bonds. The zero-order valence-electron chi connectivity index (χ0n) is 4.47. The molecule has 0 aliphatic rings. The Morgan fingerprint density at radius 1 is 1.86 bits per heavy atom. The van der Waals surface area contributed by atoms with Crippen molar-refractivity contribution in [3.05, 3.63) is 17.5 Å². The van der Waals surface area contributed by atoms with Gasteiger partial charge in [0.2, 0.25) is 0 Å². The Labute approximate surface area is 42.7 Å². The molecule has 0 N–H and O–H groups in total. The van der Waals surface area contributed by atoms with E-state index in [1.54, 1.807) is 6.92 Å². The fraction of sp³-hybridized carbons (Fsp3) is 0.500. The van der Waals surface area contributed by atoms with Crippen molar-refractivity contribution >= 4 is 0 Å². The van der Waals surface area contributed by atoms with E-state index in [1.165, 1.54) is 7.11 Å². The van der Waals surface area contributed by atoms with Crippen molar-refractivity contribution in [1.29, 1.82) is 0 Å². The average Bonchev–Trinajstić information content (AvgIpc) is 1.65. The Kier molecular flexibility index (Phi) is 2.40. The van der Waals surface area contributed by atoms with E-state index in [9.17, 15) is 5.21 Å². The highest BCUT2D eigenvalue weighted by atomic mass is 16.9. The summed E-state index contributed by atoms with van der Waals surface area (Å²) in [7, 11) is 1.29. The highest BCUT2D eigenvalue weighted by molar-refractivity contribution is 4.83. The van der Waals surface area contributed by atoms with Gasteiger partial charge in [0.15, 0.2) is 0 Å². The smallest absolute Gasteiger partial charge is 0.0628 e. The lowest BCUT2D eigenvalue weighted by atomic mass is 10.6. The third-order valence-electron chi connectivity index (χ3n) is 0.477. The molecule has 42 valence electrons. The van der Waals surface area contributed by atoms with Crippen LogP contribution in [0, 0.1) is 5.21 Å². The molecule has 0 heterocycles. The second kappa shape index (κ2) is 2.60. The lowest BCUT2D eigenvalue weighted by Crippen LogP contribution is -2.09. The first-order valence-corrected chi connectivity index (χ1v) is 1.85. The van der Waals surface area contributed by atoms with Gasteiger partial charge in [-0.3, -0.25) is 4.84 Å². The summed E-state index contributed by atoms with van der Waals surface area (Å²) >= 11 is 0. The molecule has 0 radical (unpaired) electrons. The minimum atomic E-state index is 0.347. The molecule has 0 saturated carbocycles. The molecule has 3 nitrogen and oxygen atoms in total. The summed E-state index contributed by atoms with van der Waals surface area (Å²) in [4.78, 5) is 4.19. The van der Waals surface area contributed by atoms with Gasteiger partial charge in [-0.25, -0.2) is 0 Å². The summed E-state index contributed by atoms with van der Waals surface area (Å²) in [6.07, 6.45) is 0. The average molecular weight is 102 g/mol. The van der Waals surface area contributed by atoms with E-state index in [2.05, 4.69) is 11.4 Å². The Balaban J connectivity index is 3.34. The monoisotopic (exact) mass is 102 g/mol. The van der Waals surface area contributed by atoms with Crippen LogP contribution in [-0.4, -0.2) is 12.3 Å². The van der Waals surface area contributed by atoms with Crippen LogP contribution in [0.4, 0.5) is 0 Å². The Bertz CT molecular complexity index is 72.1. The van der Waals surface area contributed by atoms with Crippen molar-refractivity contribution in [3.63, 3.8) is 0 Å². The summed E-state index contributed by atoms with van der Waals surface area (Å²) in [6, 6.07) is 0. The van der Waals surface area contributed by atoms with Gasteiger partial charge in [-0.2, -0.15) is 0 Å². The van der Waals surface area contributed by atoms with Gasteiger partial charge in [-0.05, 0) is 6.92 Å². The minimum Gasteiger partial charge on any atom is -0.734 e. The molecular formula is C4H8NO2-. The molecule has 0 aromatic carbocycles. The van der Waals surface area contributed by atoms with Crippen LogP contribution in [0.1, 0.15) is 6.92 Å². The quantitative estimate of drug-likeness (QED) is 0.485. The van der Waals surface area contributed by atoms with E-state index in [0.717, 1.165) is 0 Å². The van der Waals surface area contributed by atoms with Gasteiger partial charge < -0.3 is 10.4 Å². The number of nitrogens with zero attached hydrogens (tertiary/aromatic N) is 1. The van der Waals surface area contributed by atoms with Gasteiger partial charge in [-0.1, -0.05) is 6.58 Å². The normalized spacial score (nSPS) is 8.43. The van der Waals surface area contributed by atoms with E-state index < -0.39 is 0 Å². The van der Waals surface area contributed by atoms with Crippen LogP contribution in [0.5, 0.6) is 0 Å². The molecule has 0 spiro atoms. The SMILES string of the molecule is C=C(C)N([O-])OC. The van der Waals surface area contributed by atoms with Gasteiger partial charge in [0.25, 0.3) is 0 Å². The lowest BCUT2D eigenvalue weighted by Gasteiger charge is -2.26. The van der Waals surface area contributed by atoms with E-state index >= 15 is 0 Å². The lowest BCUT2D eigenvalue weighted by molar-refractivity contribution is -0.0554. The summed E-state index contributed by atoms with van der Waals surface area (Å²) in [5, 5.41) is 10.5. The van der Waals surface area contributed by atoms with Gasteiger partial charge in [0, 0.05) is 5.70 Å². The zero-order chi connectivity index (χ0) is 5.86. The fourth-order valence-electron chi connectivity index (χ4n) is 0.156. The van der Waals surface area contributed by atoms with E-state index in [0.29, 0.717) is 10.9 Å². The van der Waals surface area contributed by atoms with Gasteiger partial charge in [0.05, 0.1) is 7.11 Å². The summed E-state index contributed by atoms with van der Waals surface area (Å²) in [5.41, 5.74) is 0.350. The third kappa shape index (κ3) is 2.19. The first kappa shape index (κ1) is 6.46. The zero-order valence-corrected chi connectivity index (χ0v) is 4.47. The summed E-state index contributed by atoms with van der Waals surface area (Å²) in [5.74, 6) is 0. The van der Waals surface area contributed by atoms with Crippen LogP contribution in [0.15, 0.2) is 12.3 Å². The molecule has 0 unspecified atom stereocenters. The van der Waals surface area contributed by atoms with Crippen LogP contribution < -0.4 is 0 Å². The van der Waals surface area contributed by atoms with Crippen LogP contribution >= 0.6 is 0 Å². The van der Waals surface area contributed by atoms with Gasteiger partial charge in [0.1, 0.15) is 0 Å². The van der Waals surface area contributed by atoms with Crippen LogP contribution in [0.25, 0.3) is 0 Å². The maximum atomic E-state index is 10.1. The summed E-state index contributed by atoms with van der Waals surface area (Å²) < 4.78 is 0. The van der Waals surface area contributed by atoms with Crippen molar-refractivity contribution in [2.24, 2.45) is 0 Å². The van der Waals surface area contributed by atoms with Crippen LogP contribution in [0.2, 0.25) is 0 Å². The molecular weight excluding hydrogens is 94.0 g/mol. The minimum absolute atomic E-state index is 0.347. The van der Waals surface area contributed by atoms with Crippen molar-refractivity contribution in [3.8, 4) is 0 Å². The highest BCUT2D eigenvalue weighted by Crippen LogP contribution is 1.93. The van der Waals surface area contributed by atoms with Crippen LogP contribution in [-0.2, 0) is 4.84 Å². The molecule has 0 bridgehead atoms. The molecule has 0 aromatic heterocycles. The largest absolute Gasteiger partial charge is 0.734 e. The first-order chi connectivity index (χ1) is 3.18. The highest BCUT2D eigenvalue weighted by Gasteiger charge is 1.79. The maximum absolute atomic E-state index is 10.1. The number of allylic oxidation sites excluding steroid dienone is 1. The van der Waals surface area contributed by atoms with Crippen molar-refractivity contribution in [2.45, 2.75) is 6.92 Å². The number of hydrogen-bond donors (Lipinski definition) is 0. The Morgan fingerprint density at radius 2 is 2.29 bits per heavy atom. The van der Waals surface area contributed by atoms with Gasteiger partial charge in [-0.15, -0.1) is 0 Å². The third-order valence-corrected chi connectivity index (χ3v) is 0.477. The Morgan fingerprint density at radius 3 is 2.29 bits per heavy atom. The first-order valence-electron chi connectivity index (χ1n) is 1.85. The summed E-state index contributed by atoms with van der Waals surface area (Å²) in [6.45, 7) is 4.88. The van der Waals surface area contributed by atoms with Crippen molar-refractivity contribution in [2.75, 3.05) is 7.11 Å². The molecule has 3 heteroatoms. The fourth-order valence-corrected chi connectivity index (χ4v) is 0.156. The molecule has 0 aliphatic heterocycles. The molecule has 0 atom stereocenters. The molecule has 0 aliphatic carbocycles. The van der Waals surface area contributed by atoms with Crippen LogP contribution in [0.3, 0.4) is 0 Å². The van der Waals surface area contributed by atoms with E-state index in [-0.39, 0.29) is 0 Å². The molecule has 0 saturated heterocycles. The topological polar surface area (TPSA) is 35.5 Å². The van der Waals surface area contributed by atoms with Crippen molar-refractivity contribution < 1.29 is 4.84 Å². The second-order valence-corrected chi connectivity index (χ2v) is 1.17. The number of hydroxylamine groups is 2. The molecule has 0 rings (SSSR count). The van der Waals surface area contributed by atoms with E-state index in [4.69, 9.17) is 0 Å². The van der Waals surface area contributed by atoms with Gasteiger partial charge >= 0.3 is 0 Å². The van der Waals surface area contributed by atoms with E-state index in [1.807, 2.05) is 0 Å². The molecule has 0 fully saturated rings.